The molecule has 6 heteroatoms. The maximum atomic E-state index is 9.00. The summed E-state index contributed by atoms with van der Waals surface area (Å²) in [5.41, 5.74) is 8.50. The van der Waals surface area contributed by atoms with Crippen LogP contribution in [0.15, 0.2) is 0 Å². The molecule has 0 bridgehead atoms. The molecule has 7 heavy (non-hydrogen) atoms. The van der Waals surface area contributed by atoms with Gasteiger partial charge in [0.15, 0.2) is 0 Å². The van der Waals surface area contributed by atoms with Gasteiger partial charge in [-0.25, -0.2) is 4.79 Å². The molecule has 0 saturated heterocycles. The Morgan fingerprint density at radius 2 is 1.43 bits per heavy atom. The Morgan fingerprint density at radius 1 is 1.43 bits per heavy atom. The first-order chi connectivity index (χ1) is 3.15. The normalized spacial score (nSPS) is 6.00. The summed E-state index contributed by atoms with van der Waals surface area (Å²) in [5, 5.41) is 0. The Hall–Kier alpha value is 0.649. The van der Waals surface area contributed by atoms with Gasteiger partial charge in [-0.05, 0) is 0 Å². The van der Waals surface area contributed by atoms with Gasteiger partial charge < -0.3 is 11.5 Å². The Balaban J connectivity index is 0. The van der Waals surface area contributed by atoms with E-state index < -0.39 is 24.9 Å². The summed E-state index contributed by atoms with van der Waals surface area (Å²) in [4.78, 5) is 9.00. The van der Waals surface area contributed by atoms with Crippen LogP contribution in [0.3, 0.4) is 0 Å². The first-order valence-electron chi connectivity index (χ1n) is 1.16. The van der Waals surface area contributed by atoms with Crippen LogP contribution >= 0.6 is 17.8 Å². The van der Waals surface area contributed by atoms with E-state index in [0.29, 0.717) is 0 Å². The molecule has 0 aromatic carbocycles. The van der Waals surface area contributed by atoms with Crippen molar-refractivity contribution >= 4 is 42.8 Å². The summed E-state index contributed by atoms with van der Waals surface area (Å²) in [6.45, 7) is 0. The third kappa shape index (κ3) is 341. The van der Waals surface area contributed by atoms with E-state index in [4.69, 9.17) is 22.6 Å². The standard InChI is InChI=1S/CH4N2O.2ClH.Sn/c2-1(3)4;;;/h(H4,2,3,4);2*1H;/q;;;+2/p-2. The van der Waals surface area contributed by atoms with Gasteiger partial charge in [0, 0.05) is 0 Å². The average Bonchev–Trinajstić information content (AvgIpc) is 1.33. The fraction of sp³-hybridized carbons (Fsp3) is 0. The number of rotatable bonds is 0. The Labute approximate surface area is 59.0 Å². The predicted octanol–water partition coefficient (Wildman–Crippen LogP) is 0.0220. The second-order valence-electron chi connectivity index (χ2n) is 0.474. The molecule has 0 spiro atoms. The second kappa shape index (κ2) is 9.82. The minimum absolute atomic E-state index is 0.826. The van der Waals surface area contributed by atoms with Gasteiger partial charge in [0.05, 0.1) is 0 Å². The number of nitrogens with two attached hydrogens (primary N) is 2. The number of amides is 2. The van der Waals surface area contributed by atoms with Crippen molar-refractivity contribution in [1.29, 1.82) is 0 Å². The zero-order valence-electron chi connectivity index (χ0n) is 3.32. The van der Waals surface area contributed by atoms with Crippen molar-refractivity contribution in [1.82, 2.24) is 0 Å². The van der Waals surface area contributed by atoms with E-state index in [9.17, 15) is 0 Å². The van der Waals surface area contributed by atoms with Crippen LogP contribution in [0.4, 0.5) is 4.79 Å². The molecule has 4 N–H and O–H groups in total. The topological polar surface area (TPSA) is 69.1 Å². The van der Waals surface area contributed by atoms with Crippen molar-refractivity contribution in [2.45, 2.75) is 0 Å². The van der Waals surface area contributed by atoms with Crippen molar-refractivity contribution in [2.75, 3.05) is 0 Å². The molecule has 0 aliphatic heterocycles. The minimum atomic E-state index is -0.833. The number of urea groups is 1. The van der Waals surface area contributed by atoms with Crippen molar-refractivity contribution in [2.24, 2.45) is 11.5 Å². The molecule has 0 aliphatic rings. The third-order valence-electron chi connectivity index (χ3n) is 0. The number of carbonyl (C=O) groups is 1. The summed E-state index contributed by atoms with van der Waals surface area (Å²) < 4.78 is 0. The molecule has 0 aliphatic carbocycles. The van der Waals surface area contributed by atoms with Gasteiger partial charge in [-0.15, -0.1) is 0 Å². The van der Waals surface area contributed by atoms with E-state index >= 15 is 0 Å². The molecule has 0 heterocycles. The Kier molecular flexibility index (Phi) is 14.9. The SMILES string of the molecule is NC(N)=O.[Cl][Sn][Cl]. The molecule has 0 unspecified atom stereocenters. The van der Waals surface area contributed by atoms with Gasteiger partial charge in [-0.1, -0.05) is 0 Å². The van der Waals surface area contributed by atoms with E-state index in [1.54, 1.807) is 0 Å². The second-order valence-corrected chi connectivity index (χ2v) is 4.71. The number of hydrogen-bond acceptors (Lipinski definition) is 1. The Bertz CT molecular complexity index is 47.0. The average molecular weight is 250 g/mol. The van der Waals surface area contributed by atoms with Crippen LogP contribution in [0.1, 0.15) is 0 Å². The summed E-state index contributed by atoms with van der Waals surface area (Å²) >= 11 is -0.826. The molecule has 0 aromatic heterocycles. The van der Waals surface area contributed by atoms with Crippen molar-refractivity contribution in [3.8, 4) is 0 Å². The number of primary amides is 2. The zero-order valence-corrected chi connectivity index (χ0v) is 7.68. The van der Waals surface area contributed by atoms with Gasteiger partial charge in [0.1, 0.15) is 0 Å². The fourth-order valence-electron chi connectivity index (χ4n) is 0. The molecule has 0 saturated carbocycles. The van der Waals surface area contributed by atoms with Crippen molar-refractivity contribution in [3.05, 3.63) is 0 Å². The summed E-state index contributed by atoms with van der Waals surface area (Å²) in [5.74, 6) is 0. The molecule has 0 rings (SSSR count). The quantitative estimate of drug-likeness (QED) is 0.584. The van der Waals surface area contributed by atoms with Crippen LogP contribution in [0.5, 0.6) is 0 Å². The van der Waals surface area contributed by atoms with Gasteiger partial charge in [0.25, 0.3) is 0 Å². The zero-order chi connectivity index (χ0) is 6.28. The molecule has 2 radical (unpaired) electrons. The van der Waals surface area contributed by atoms with Gasteiger partial charge >= 0.3 is 42.8 Å². The molecule has 3 nitrogen and oxygen atoms in total. The van der Waals surface area contributed by atoms with Crippen LogP contribution in [-0.2, 0) is 0 Å². The molecular weight excluding hydrogens is 246 g/mol. The van der Waals surface area contributed by atoms with Gasteiger partial charge in [-0.2, -0.15) is 0 Å². The first kappa shape index (κ1) is 10.6. The van der Waals surface area contributed by atoms with Crippen LogP contribution < -0.4 is 11.5 Å². The number of hydrogen-bond donors (Lipinski definition) is 2. The molecule has 0 fully saturated rings. The molecule has 42 valence electrons. The number of carbonyl (C=O) groups excluding carboxylic acids is 1. The summed E-state index contributed by atoms with van der Waals surface area (Å²) in [6.07, 6.45) is 0. The van der Waals surface area contributed by atoms with Crippen LogP contribution in [0, 0.1) is 0 Å². The van der Waals surface area contributed by atoms with Gasteiger partial charge in [0.2, 0.25) is 0 Å². The summed E-state index contributed by atoms with van der Waals surface area (Å²) in [6, 6.07) is -0.833. The maximum absolute atomic E-state index is 9.00. The monoisotopic (exact) mass is 250 g/mol. The van der Waals surface area contributed by atoms with Crippen LogP contribution in [0.25, 0.3) is 0 Å². The number of halogens is 2. The predicted molar refractivity (Wildman–Crippen MR) is 31.2 cm³/mol. The van der Waals surface area contributed by atoms with E-state index in [2.05, 4.69) is 11.5 Å². The van der Waals surface area contributed by atoms with E-state index in [-0.39, 0.29) is 0 Å². The molecule has 0 aromatic rings. The third-order valence-corrected chi connectivity index (χ3v) is 0. The first-order valence-corrected chi connectivity index (χ1v) is 8.39. The van der Waals surface area contributed by atoms with Crippen LogP contribution in [-0.4, -0.2) is 24.9 Å². The van der Waals surface area contributed by atoms with Crippen molar-refractivity contribution in [3.63, 3.8) is 0 Å². The summed E-state index contributed by atoms with van der Waals surface area (Å²) in [7, 11) is 9.87. The molecule has 0 atom stereocenters. The van der Waals surface area contributed by atoms with Crippen molar-refractivity contribution < 1.29 is 4.79 Å². The fourth-order valence-corrected chi connectivity index (χ4v) is 0. The molecular formula is CH4Cl2N2OSn. The van der Waals surface area contributed by atoms with E-state index in [1.165, 1.54) is 0 Å². The van der Waals surface area contributed by atoms with E-state index in [1.807, 2.05) is 0 Å². The van der Waals surface area contributed by atoms with Gasteiger partial charge in [-0.3, -0.25) is 0 Å². The van der Waals surface area contributed by atoms with Crippen LogP contribution in [0.2, 0.25) is 0 Å². The van der Waals surface area contributed by atoms with E-state index in [0.717, 1.165) is 0 Å². The Morgan fingerprint density at radius 3 is 1.43 bits per heavy atom. The molecule has 2 amide bonds.